The van der Waals surface area contributed by atoms with Crippen molar-refractivity contribution in [1.82, 2.24) is 0 Å². The van der Waals surface area contributed by atoms with Crippen LogP contribution in [0.1, 0.15) is 41.4 Å². The summed E-state index contributed by atoms with van der Waals surface area (Å²) in [6.45, 7) is 1.97. The summed E-state index contributed by atoms with van der Waals surface area (Å²) in [5.41, 5.74) is 0.205. The van der Waals surface area contributed by atoms with Gasteiger partial charge in [0.15, 0.2) is 0 Å². The van der Waals surface area contributed by atoms with Crippen molar-refractivity contribution < 1.29 is 14.7 Å². The van der Waals surface area contributed by atoms with Crippen LogP contribution >= 0.6 is 23.1 Å². The largest absolute Gasteiger partial charge is 0.478 e. The molecule has 0 aliphatic carbocycles. The monoisotopic (exact) mass is 299 g/mol. The van der Waals surface area contributed by atoms with Gasteiger partial charge in [-0.05, 0) is 31.1 Å². The Morgan fingerprint density at radius 1 is 1.47 bits per heavy atom. The molecule has 0 spiro atoms. The van der Waals surface area contributed by atoms with Crippen LogP contribution in [0.15, 0.2) is 6.07 Å². The van der Waals surface area contributed by atoms with Crippen molar-refractivity contribution in [2.45, 2.75) is 37.9 Å². The fraction of sp³-hybridized carbons (Fsp3) is 0.538. The second-order valence-electron chi connectivity index (χ2n) is 4.46. The number of rotatable bonds is 4. The maximum atomic E-state index is 12.1. The Hall–Kier alpha value is -1.01. The Morgan fingerprint density at radius 2 is 2.26 bits per heavy atom. The van der Waals surface area contributed by atoms with Gasteiger partial charge in [0.25, 0.3) is 0 Å². The molecule has 1 unspecified atom stereocenters. The zero-order valence-corrected chi connectivity index (χ0v) is 12.4. The van der Waals surface area contributed by atoms with E-state index in [4.69, 9.17) is 5.11 Å². The average Bonchev–Trinajstić information content (AvgIpc) is 2.83. The lowest BCUT2D eigenvalue weighted by molar-refractivity contribution is -0.115. The first-order valence-corrected chi connectivity index (χ1v) is 8.26. The van der Waals surface area contributed by atoms with Crippen LogP contribution in [0.5, 0.6) is 0 Å². The van der Waals surface area contributed by atoms with Gasteiger partial charge in [-0.1, -0.05) is 13.3 Å². The molecule has 1 amide bonds. The van der Waals surface area contributed by atoms with Crippen LogP contribution in [-0.4, -0.2) is 28.0 Å². The fourth-order valence-corrected chi connectivity index (χ4v) is 4.20. The summed E-state index contributed by atoms with van der Waals surface area (Å²) in [4.78, 5) is 24.3. The third-order valence-corrected chi connectivity index (χ3v) is 5.64. The Morgan fingerprint density at radius 3 is 2.84 bits per heavy atom. The van der Waals surface area contributed by atoms with Gasteiger partial charge in [-0.25, -0.2) is 4.79 Å². The van der Waals surface area contributed by atoms with Crippen molar-refractivity contribution in [3.8, 4) is 0 Å². The van der Waals surface area contributed by atoms with E-state index in [0.29, 0.717) is 5.00 Å². The zero-order valence-electron chi connectivity index (χ0n) is 10.8. The minimum absolute atomic E-state index is 0.0393. The Bertz CT molecular complexity index is 478. The van der Waals surface area contributed by atoms with Gasteiger partial charge in [-0.2, -0.15) is 0 Å². The van der Waals surface area contributed by atoms with E-state index in [1.807, 2.05) is 6.92 Å². The highest BCUT2D eigenvalue weighted by molar-refractivity contribution is 8.00. The van der Waals surface area contributed by atoms with Crippen molar-refractivity contribution in [3.63, 3.8) is 0 Å². The number of nitrogens with one attached hydrogen (secondary N) is 1. The van der Waals surface area contributed by atoms with Crippen LogP contribution in [0.2, 0.25) is 0 Å². The molecule has 1 atom stereocenters. The summed E-state index contributed by atoms with van der Waals surface area (Å²) >= 11 is 3.02. The molecular weight excluding hydrogens is 282 g/mol. The quantitative estimate of drug-likeness (QED) is 0.895. The number of thiophene rings is 1. The highest BCUT2D eigenvalue weighted by Gasteiger charge is 2.24. The van der Waals surface area contributed by atoms with Crippen LogP contribution < -0.4 is 5.32 Å². The summed E-state index contributed by atoms with van der Waals surface area (Å²) in [6.07, 6.45) is 3.89. The molecule has 0 radical (unpaired) electrons. The van der Waals surface area contributed by atoms with E-state index in [1.54, 1.807) is 17.8 Å². The van der Waals surface area contributed by atoms with Crippen LogP contribution in [0.3, 0.4) is 0 Å². The van der Waals surface area contributed by atoms with Crippen molar-refractivity contribution in [1.29, 1.82) is 0 Å². The molecule has 19 heavy (non-hydrogen) atoms. The van der Waals surface area contributed by atoms with Gasteiger partial charge in [0.05, 0.1) is 10.8 Å². The van der Waals surface area contributed by atoms with E-state index in [9.17, 15) is 9.59 Å². The minimum Gasteiger partial charge on any atom is -0.478 e. The third kappa shape index (κ3) is 3.51. The summed E-state index contributed by atoms with van der Waals surface area (Å²) in [5.74, 6) is -0.0339. The number of anilines is 1. The fourth-order valence-electron chi connectivity index (χ4n) is 2.01. The number of carbonyl (C=O) groups excluding carboxylic acids is 1. The van der Waals surface area contributed by atoms with E-state index in [2.05, 4.69) is 5.32 Å². The summed E-state index contributed by atoms with van der Waals surface area (Å²) in [7, 11) is 0. The van der Waals surface area contributed by atoms with Crippen LogP contribution in [0.4, 0.5) is 5.00 Å². The summed E-state index contributed by atoms with van der Waals surface area (Å²) < 4.78 is 0. The molecule has 0 saturated carbocycles. The Labute approximate surface area is 120 Å². The van der Waals surface area contributed by atoms with E-state index in [-0.39, 0.29) is 16.7 Å². The zero-order chi connectivity index (χ0) is 13.8. The van der Waals surface area contributed by atoms with Gasteiger partial charge < -0.3 is 10.4 Å². The summed E-state index contributed by atoms with van der Waals surface area (Å²) in [6, 6.07) is 1.65. The van der Waals surface area contributed by atoms with Gasteiger partial charge in [-0.15, -0.1) is 23.1 Å². The van der Waals surface area contributed by atoms with E-state index < -0.39 is 5.97 Å². The number of aryl methyl sites for hydroxylation is 1. The van der Waals surface area contributed by atoms with Gasteiger partial charge in [0.2, 0.25) is 5.91 Å². The highest BCUT2D eigenvalue weighted by atomic mass is 32.2. The number of carboxylic acid groups (broad SMARTS) is 1. The number of hydrogen-bond donors (Lipinski definition) is 2. The van der Waals surface area contributed by atoms with Gasteiger partial charge in [0, 0.05) is 4.88 Å². The average molecular weight is 299 g/mol. The first-order chi connectivity index (χ1) is 9.11. The smallest absolute Gasteiger partial charge is 0.338 e. The Kier molecular flexibility index (Phi) is 4.87. The molecule has 4 nitrogen and oxygen atoms in total. The molecule has 1 aromatic rings. The maximum absolute atomic E-state index is 12.1. The Balaban J connectivity index is 2.10. The number of thioether (sulfide) groups is 1. The third-order valence-electron chi connectivity index (χ3n) is 3.07. The van der Waals surface area contributed by atoms with E-state index >= 15 is 0 Å². The molecule has 0 bridgehead atoms. The highest BCUT2D eigenvalue weighted by Crippen LogP contribution is 2.31. The molecule has 1 fully saturated rings. The molecule has 1 saturated heterocycles. The molecular formula is C13H17NO3S2. The van der Waals surface area contributed by atoms with Crippen molar-refractivity contribution in [3.05, 3.63) is 16.5 Å². The lowest BCUT2D eigenvalue weighted by Crippen LogP contribution is -2.27. The van der Waals surface area contributed by atoms with E-state index in [1.165, 1.54) is 11.3 Å². The predicted octanol–water partition coefficient (Wildman–Crippen LogP) is 3.23. The molecule has 2 rings (SSSR count). The summed E-state index contributed by atoms with van der Waals surface area (Å²) in [5, 5.41) is 12.4. The molecule has 6 heteroatoms. The number of carbonyl (C=O) groups is 2. The first-order valence-electron chi connectivity index (χ1n) is 6.40. The number of carboxylic acids is 1. The predicted molar refractivity (Wildman–Crippen MR) is 79.4 cm³/mol. The molecule has 1 aromatic heterocycles. The normalized spacial score (nSPS) is 19.1. The topological polar surface area (TPSA) is 66.4 Å². The molecule has 0 aromatic carbocycles. The lowest BCUT2D eigenvalue weighted by Gasteiger charge is -2.20. The van der Waals surface area contributed by atoms with E-state index in [0.717, 1.165) is 36.3 Å². The van der Waals surface area contributed by atoms with Crippen LogP contribution in [0, 0.1) is 0 Å². The number of amides is 1. The van der Waals surface area contributed by atoms with Crippen molar-refractivity contribution in [2.75, 3.05) is 11.1 Å². The second-order valence-corrected chi connectivity index (χ2v) is 6.91. The second kappa shape index (κ2) is 6.43. The standard InChI is InChI=1S/C13H17NO3S2/c1-2-8-7-9(13(16)17)12(19-8)14-11(15)10-5-3-4-6-18-10/h7,10H,2-6H2,1H3,(H,14,15)(H,16,17). The number of aromatic carboxylic acids is 1. The molecule has 1 aliphatic rings. The lowest BCUT2D eigenvalue weighted by atomic mass is 10.2. The van der Waals surface area contributed by atoms with Gasteiger partial charge in [0.1, 0.15) is 5.00 Å². The van der Waals surface area contributed by atoms with Crippen LogP contribution in [-0.2, 0) is 11.2 Å². The molecule has 2 heterocycles. The molecule has 1 aliphatic heterocycles. The number of hydrogen-bond acceptors (Lipinski definition) is 4. The van der Waals surface area contributed by atoms with Gasteiger partial charge >= 0.3 is 5.97 Å². The minimum atomic E-state index is -0.984. The SMILES string of the molecule is CCc1cc(C(=O)O)c(NC(=O)C2CCCCS2)s1. The van der Waals surface area contributed by atoms with Crippen LogP contribution in [0.25, 0.3) is 0 Å². The first kappa shape index (κ1) is 14.4. The van der Waals surface area contributed by atoms with Crippen molar-refractivity contribution >= 4 is 40.0 Å². The maximum Gasteiger partial charge on any atom is 0.338 e. The van der Waals surface area contributed by atoms with Crippen molar-refractivity contribution in [2.24, 2.45) is 0 Å². The molecule has 104 valence electrons. The van der Waals surface area contributed by atoms with Gasteiger partial charge in [-0.3, -0.25) is 4.79 Å². The molecule has 2 N–H and O–H groups in total.